The highest BCUT2D eigenvalue weighted by atomic mass is 19.4. The SMILES string of the molecule is CCNC(=NCc1ccc(OC)c(O)c1)NC(C)c1cccc(C(F)(F)F)c1. The number of benzene rings is 2. The molecular weight excluding hydrogens is 371 g/mol. The summed E-state index contributed by atoms with van der Waals surface area (Å²) in [5.41, 5.74) is 0.582. The van der Waals surface area contributed by atoms with Crippen LogP contribution >= 0.6 is 0 Å². The number of alkyl halides is 3. The number of hydrogen-bond acceptors (Lipinski definition) is 3. The van der Waals surface area contributed by atoms with Gasteiger partial charge in [-0.05, 0) is 49.2 Å². The molecule has 2 rings (SSSR count). The quantitative estimate of drug-likeness (QED) is 0.506. The van der Waals surface area contributed by atoms with Gasteiger partial charge >= 0.3 is 6.18 Å². The first-order valence-electron chi connectivity index (χ1n) is 8.82. The van der Waals surface area contributed by atoms with E-state index in [0.717, 1.165) is 17.7 Å². The molecule has 0 fully saturated rings. The van der Waals surface area contributed by atoms with Gasteiger partial charge in [0.2, 0.25) is 0 Å². The van der Waals surface area contributed by atoms with Crippen LogP contribution in [0.4, 0.5) is 13.2 Å². The Morgan fingerprint density at radius 3 is 2.57 bits per heavy atom. The molecule has 2 aromatic rings. The minimum Gasteiger partial charge on any atom is -0.504 e. The molecule has 0 bridgehead atoms. The lowest BCUT2D eigenvalue weighted by atomic mass is 10.1. The molecule has 5 nitrogen and oxygen atoms in total. The molecule has 0 aliphatic rings. The van der Waals surface area contributed by atoms with Crippen molar-refractivity contribution in [2.75, 3.05) is 13.7 Å². The largest absolute Gasteiger partial charge is 0.504 e. The Morgan fingerprint density at radius 1 is 1.21 bits per heavy atom. The number of nitrogens with zero attached hydrogens (tertiary/aromatic N) is 1. The highest BCUT2D eigenvalue weighted by Gasteiger charge is 2.30. The fourth-order valence-electron chi connectivity index (χ4n) is 2.60. The van der Waals surface area contributed by atoms with Crippen LogP contribution in [-0.2, 0) is 12.7 Å². The zero-order valence-corrected chi connectivity index (χ0v) is 16.0. The van der Waals surface area contributed by atoms with E-state index in [-0.39, 0.29) is 18.3 Å². The van der Waals surface area contributed by atoms with Gasteiger partial charge in [-0.3, -0.25) is 0 Å². The third kappa shape index (κ3) is 5.80. The third-order valence-electron chi connectivity index (χ3n) is 4.07. The van der Waals surface area contributed by atoms with Gasteiger partial charge < -0.3 is 20.5 Å². The summed E-state index contributed by atoms with van der Waals surface area (Å²) >= 11 is 0. The Kier molecular flexibility index (Phi) is 7.14. The molecule has 0 aromatic heterocycles. The van der Waals surface area contributed by atoms with Crippen LogP contribution in [0.1, 0.15) is 36.6 Å². The van der Waals surface area contributed by atoms with Crippen molar-refractivity contribution >= 4 is 5.96 Å². The van der Waals surface area contributed by atoms with E-state index in [1.54, 1.807) is 31.2 Å². The third-order valence-corrected chi connectivity index (χ3v) is 4.07. The number of aliphatic imine (C=N–C) groups is 1. The van der Waals surface area contributed by atoms with Crippen molar-refractivity contribution in [3.8, 4) is 11.5 Å². The molecule has 1 atom stereocenters. The van der Waals surface area contributed by atoms with Crippen molar-refractivity contribution in [1.29, 1.82) is 0 Å². The van der Waals surface area contributed by atoms with E-state index in [0.29, 0.717) is 23.8 Å². The molecule has 2 aromatic carbocycles. The van der Waals surface area contributed by atoms with Gasteiger partial charge in [-0.25, -0.2) is 4.99 Å². The van der Waals surface area contributed by atoms with E-state index < -0.39 is 11.7 Å². The molecule has 0 saturated heterocycles. The number of rotatable bonds is 6. The van der Waals surface area contributed by atoms with E-state index >= 15 is 0 Å². The van der Waals surface area contributed by atoms with Gasteiger partial charge in [-0.15, -0.1) is 0 Å². The van der Waals surface area contributed by atoms with Crippen LogP contribution in [0.15, 0.2) is 47.5 Å². The molecule has 0 radical (unpaired) electrons. The lowest BCUT2D eigenvalue weighted by Crippen LogP contribution is -2.38. The molecule has 152 valence electrons. The van der Waals surface area contributed by atoms with Gasteiger partial charge in [-0.2, -0.15) is 13.2 Å². The molecule has 0 heterocycles. The fourth-order valence-corrected chi connectivity index (χ4v) is 2.60. The number of hydrogen-bond donors (Lipinski definition) is 3. The summed E-state index contributed by atoms with van der Waals surface area (Å²) in [6.45, 7) is 4.53. The molecule has 28 heavy (non-hydrogen) atoms. The summed E-state index contributed by atoms with van der Waals surface area (Å²) in [7, 11) is 1.47. The maximum atomic E-state index is 12.9. The number of nitrogens with one attached hydrogen (secondary N) is 2. The zero-order chi connectivity index (χ0) is 20.7. The second-order valence-corrected chi connectivity index (χ2v) is 6.19. The molecule has 0 aliphatic heterocycles. The first-order chi connectivity index (χ1) is 13.2. The maximum absolute atomic E-state index is 12.9. The predicted molar refractivity (Wildman–Crippen MR) is 102 cm³/mol. The number of phenolic OH excluding ortho intramolecular Hbond substituents is 1. The predicted octanol–water partition coefficient (Wildman–Crippen LogP) is 4.24. The monoisotopic (exact) mass is 395 g/mol. The van der Waals surface area contributed by atoms with Crippen LogP contribution in [-0.4, -0.2) is 24.7 Å². The Bertz CT molecular complexity index is 823. The molecule has 3 N–H and O–H groups in total. The van der Waals surface area contributed by atoms with Crippen LogP contribution in [0.3, 0.4) is 0 Å². The van der Waals surface area contributed by atoms with Crippen LogP contribution in [0, 0.1) is 0 Å². The highest BCUT2D eigenvalue weighted by molar-refractivity contribution is 5.80. The number of ether oxygens (including phenoxy) is 1. The van der Waals surface area contributed by atoms with E-state index in [1.165, 1.54) is 13.2 Å². The number of guanidine groups is 1. The average Bonchev–Trinajstić information content (AvgIpc) is 2.65. The molecule has 0 spiro atoms. The fraction of sp³-hybridized carbons (Fsp3) is 0.350. The van der Waals surface area contributed by atoms with E-state index in [9.17, 15) is 18.3 Å². The van der Waals surface area contributed by atoms with Crippen molar-refractivity contribution in [2.45, 2.75) is 32.6 Å². The van der Waals surface area contributed by atoms with Gasteiger partial charge in [0.1, 0.15) is 0 Å². The number of halogens is 3. The Balaban J connectivity index is 2.13. The number of phenols is 1. The lowest BCUT2D eigenvalue weighted by molar-refractivity contribution is -0.137. The smallest absolute Gasteiger partial charge is 0.416 e. The Hall–Kier alpha value is -2.90. The van der Waals surface area contributed by atoms with E-state index in [1.807, 2.05) is 6.92 Å². The number of methoxy groups -OCH3 is 1. The van der Waals surface area contributed by atoms with Gasteiger partial charge in [0.15, 0.2) is 17.5 Å². The molecule has 0 saturated carbocycles. The van der Waals surface area contributed by atoms with Gasteiger partial charge in [-0.1, -0.05) is 18.2 Å². The summed E-state index contributed by atoms with van der Waals surface area (Å²) in [6.07, 6.45) is -4.38. The van der Waals surface area contributed by atoms with Crippen molar-refractivity contribution in [2.24, 2.45) is 4.99 Å². The molecular formula is C20H24F3N3O2. The minimum absolute atomic E-state index is 0.0190. The van der Waals surface area contributed by atoms with Crippen LogP contribution in [0.5, 0.6) is 11.5 Å². The van der Waals surface area contributed by atoms with Crippen molar-refractivity contribution in [3.05, 3.63) is 59.2 Å². The van der Waals surface area contributed by atoms with Gasteiger partial charge in [0, 0.05) is 6.54 Å². The lowest BCUT2D eigenvalue weighted by Gasteiger charge is -2.19. The van der Waals surface area contributed by atoms with Gasteiger partial charge in [0.05, 0.1) is 25.3 Å². The average molecular weight is 395 g/mol. The molecule has 0 aliphatic carbocycles. The standard InChI is InChI=1S/C20H24F3N3O2/c1-4-24-19(25-12-14-8-9-18(28-3)17(27)10-14)26-13(2)15-6-5-7-16(11-15)20(21,22)23/h5-11,13,27H,4,12H2,1-3H3,(H2,24,25,26). The summed E-state index contributed by atoms with van der Waals surface area (Å²) in [4.78, 5) is 4.44. The number of aromatic hydroxyl groups is 1. The topological polar surface area (TPSA) is 65.9 Å². The first-order valence-corrected chi connectivity index (χ1v) is 8.82. The second-order valence-electron chi connectivity index (χ2n) is 6.19. The van der Waals surface area contributed by atoms with E-state index in [4.69, 9.17) is 4.74 Å². The minimum atomic E-state index is -4.38. The zero-order valence-electron chi connectivity index (χ0n) is 16.0. The Morgan fingerprint density at radius 2 is 1.96 bits per heavy atom. The Labute approximate surface area is 162 Å². The first kappa shape index (κ1) is 21.4. The summed E-state index contributed by atoms with van der Waals surface area (Å²) in [6, 6.07) is 9.80. The van der Waals surface area contributed by atoms with Crippen molar-refractivity contribution < 1.29 is 23.0 Å². The molecule has 1 unspecified atom stereocenters. The molecule has 8 heteroatoms. The van der Waals surface area contributed by atoms with Gasteiger partial charge in [0.25, 0.3) is 0 Å². The summed E-state index contributed by atoms with van der Waals surface area (Å²) in [5.74, 6) is 0.851. The van der Waals surface area contributed by atoms with E-state index in [2.05, 4.69) is 15.6 Å². The summed E-state index contributed by atoms with van der Waals surface area (Å²) in [5, 5.41) is 16.0. The maximum Gasteiger partial charge on any atom is 0.416 e. The highest BCUT2D eigenvalue weighted by Crippen LogP contribution is 2.30. The molecule has 0 amide bonds. The normalized spacial score (nSPS) is 13.1. The summed E-state index contributed by atoms with van der Waals surface area (Å²) < 4.78 is 43.8. The van der Waals surface area contributed by atoms with Crippen molar-refractivity contribution in [1.82, 2.24) is 10.6 Å². The van der Waals surface area contributed by atoms with Crippen LogP contribution in [0.2, 0.25) is 0 Å². The van der Waals surface area contributed by atoms with Crippen LogP contribution < -0.4 is 15.4 Å². The van der Waals surface area contributed by atoms with Crippen LogP contribution in [0.25, 0.3) is 0 Å². The van der Waals surface area contributed by atoms with Crippen molar-refractivity contribution in [3.63, 3.8) is 0 Å². The second kappa shape index (κ2) is 9.34.